The van der Waals surface area contributed by atoms with Gasteiger partial charge in [-0.15, -0.1) is 0 Å². The lowest BCUT2D eigenvalue weighted by Crippen LogP contribution is -2.19. The summed E-state index contributed by atoms with van der Waals surface area (Å²) in [6.45, 7) is 0. The zero-order valence-electron chi connectivity index (χ0n) is 24.3. The van der Waals surface area contributed by atoms with Crippen LogP contribution < -0.4 is 5.30 Å². The van der Waals surface area contributed by atoms with Crippen molar-refractivity contribution >= 4 is 92.9 Å². The molecule has 2 aliphatic carbocycles. The third-order valence-corrected chi connectivity index (χ3v) is 14.3. The molecule has 2 aliphatic rings. The van der Waals surface area contributed by atoms with E-state index in [1.165, 1.54) is 0 Å². The normalized spacial score (nSPS) is 18.1. The van der Waals surface area contributed by atoms with E-state index in [1.807, 2.05) is 84.9 Å². The highest BCUT2D eigenvalue weighted by Crippen LogP contribution is 2.78. The first kappa shape index (κ1) is 29.8. The average molecular weight is 694 g/mol. The molecule has 0 aliphatic heterocycles. The SMILES string of the molecule is O=P(c1cccc2ccccc12)(C1C(c2c(Cl)cccc2Cl)=Cc2ccccc21)C1C(c2c(Cl)cccc2Cl)=Cc2ccccc21. The fourth-order valence-corrected chi connectivity index (χ4v) is 12.9. The summed E-state index contributed by atoms with van der Waals surface area (Å²) in [5, 5.41) is 4.79. The topological polar surface area (TPSA) is 17.1 Å². The molecule has 224 valence electrons. The van der Waals surface area contributed by atoms with Crippen molar-refractivity contribution in [1.82, 2.24) is 0 Å². The monoisotopic (exact) mass is 692 g/mol. The van der Waals surface area contributed by atoms with E-state index < -0.39 is 18.5 Å². The fraction of sp³-hybridized carbons (Fsp3) is 0.0500. The van der Waals surface area contributed by atoms with Crippen molar-refractivity contribution in [2.24, 2.45) is 0 Å². The molecule has 6 aromatic carbocycles. The maximum absolute atomic E-state index is 17.3. The van der Waals surface area contributed by atoms with Crippen molar-refractivity contribution in [2.75, 3.05) is 0 Å². The Balaban J connectivity index is 1.52. The minimum Gasteiger partial charge on any atom is -0.317 e. The second kappa shape index (κ2) is 11.6. The Kier molecular flexibility index (Phi) is 7.52. The molecule has 0 fully saturated rings. The van der Waals surface area contributed by atoms with E-state index in [9.17, 15) is 0 Å². The van der Waals surface area contributed by atoms with Crippen LogP contribution in [0.4, 0.5) is 0 Å². The lowest BCUT2D eigenvalue weighted by Gasteiger charge is -2.36. The lowest BCUT2D eigenvalue weighted by atomic mass is 10.0. The molecule has 46 heavy (non-hydrogen) atoms. The number of hydrogen-bond acceptors (Lipinski definition) is 1. The van der Waals surface area contributed by atoms with Gasteiger partial charge in [0, 0.05) is 36.5 Å². The molecule has 0 amide bonds. The van der Waals surface area contributed by atoms with Gasteiger partial charge in [-0.2, -0.15) is 0 Å². The number of halogens is 4. The van der Waals surface area contributed by atoms with Gasteiger partial charge in [0.1, 0.15) is 7.14 Å². The Morgan fingerprint density at radius 3 is 1.39 bits per heavy atom. The Hall–Kier alpha value is -3.55. The molecule has 6 heteroatoms. The molecule has 8 rings (SSSR count). The molecule has 0 aromatic heterocycles. The molecule has 0 heterocycles. The van der Waals surface area contributed by atoms with Crippen molar-refractivity contribution in [2.45, 2.75) is 11.3 Å². The van der Waals surface area contributed by atoms with Crippen LogP contribution in [0.5, 0.6) is 0 Å². The molecule has 1 nitrogen and oxygen atoms in total. The van der Waals surface area contributed by atoms with Gasteiger partial charge >= 0.3 is 0 Å². The van der Waals surface area contributed by atoms with Crippen molar-refractivity contribution in [3.05, 3.63) is 181 Å². The highest BCUT2D eigenvalue weighted by molar-refractivity contribution is 7.73. The van der Waals surface area contributed by atoms with Crippen LogP contribution in [0.15, 0.2) is 127 Å². The molecule has 0 bridgehead atoms. The molecule has 0 N–H and O–H groups in total. The summed E-state index contributed by atoms with van der Waals surface area (Å²) in [5.74, 6) is 0. The van der Waals surface area contributed by atoms with Crippen LogP contribution in [-0.2, 0) is 4.57 Å². The summed E-state index contributed by atoms with van der Waals surface area (Å²) in [6, 6.07) is 41.6. The van der Waals surface area contributed by atoms with Gasteiger partial charge in [0.05, 0.1) is 11.3 Å². The fourth-order valence-electron chi connectivity index (χ4n) is 7.34. The second-order valence-electron chi connectivity index (χ2n) is 11.7. The molecule has 0 saturated heterocycles. The van der Waals surface area contributed by atoms with Crippen LogP contribution in [0.2, 0.25) is 20.1 Å². The van der Waals surface area contributed by atoms with Crippen molar-refractivity contribution in [3.63, 3.8) is 0 Å². The van der Waals surface area contributed by atoms with Gasteiger partial charge in [0.2, 0.25) is 0 Å². The molecule has 2 atom stereocenters. The van der Waals surface area contributed by atoms with Gasteiger partial charge in [0.15, 0.2) is 0 Å². The summed E-state index contributed by atoms with van der Waals surface area (Å²) in [5.41, 5.74) is 5.83. The van der Waals surface area contributed by atoms with E-state index in [2.05, 4.69) is 54.6 Å². The van der Waals surface area contributed by atoms with E-state index >= 15 is 4.57 Å². The minimum atomic E-state index is -3.67. The smallest absolute Gasteiger partial charge is 0.138 e. The Bertz CT molecular complexity index is 2150. The zero-order valence-corrected chi connectivity index (χ0v) is 28.2. The average Bonchev–Trinajstić information content (AvgIpc) is 3.64. The van der Waals surface area contributed by atoms with Gasteiger partial charge in [0.25, 0.3) is 0 Å². The first-order valence-corrected chi connectivity index (χ1v) is 18.3. The van der Waals surface area contributed by atoms with E-state index in [0.29, 0.717) is 31.2 Å². The van der Waals surface area contributed by atoms with Crippen LogP contribution in [0.3, 0.4) is 0 Å². The highest BCUT2D eigenvalue weighted by atomic mass is 35.5. The lowest BCUT2D eigenvalue weighted by molar-refractivity contribution is 0.575. The van der Waals surface area contributed by atoms with Crippen molar-refractivity contribution in [3.8, 4) is 0 Å². The molecule has 0 spiro atoms. The first-order valence-electron chi connectivity index (χ1n) is 15.0. The van der Waals surface area contributed by atoms with Crippen molar-refractivity contribution in [1.29, 1.82) is 0 Å². The number of allylic oxidation sites excluding steroid dienone is 2. The molecule has 2 unspecified atom stereocenters. The highest BCUT2D eigenvalue weighted by Gasteiger charge is 2.52. The van der Waals surface area contributed by atoms with Gasteiger partial charge in [-0.1, -0.05) is 150 Å². The van der Waals surface area contributed by atoms with E-state index in [0.717, 1.165) is 49.5 Å². The van der Waals surface area contributed by atoms with E-state index in [4.69, 9.17) is 46.4 Å². The van der Waals surface area contributed by atoms with Crippen LogP contribution in [0.1, 0.15) is 44.7 Å². The maximum atomic E-state index is 17.3. The standard InChI is InChI=1S/C40H25Cl4OP/c41-32-17-8-18-33(42)37(32)30-22-25-11-2-5-15-28(25)39(30)46(45,36-21-7-13-24-10-1-4-14-27(24)36)40-29-16-6-3-12-26(29)23-31(40)38-34(43)19-9-20-35(38)44/h1-23,39-40H. The minimum absolute atomic E-state index is 0.512. The Morgan fingerprint density at radius 1 is 0.457 bits per heavy atom. The van der Waals surface area contributed by atoms with Crippen LogP contribution >= 0.6 is 53.5 Å². The summed E-state index contributed by atoms with van der Waals surface area (Å²) in [7, 11) is -3.67. The number of hydrogen-bond donors (Lipinski definition) is 0. The molecule has 6 aromatic rings. The predicted molar refractivity (Wildman–Crippen MR) is 198 cm³/mol. The Morgan fingerprint density at radius 2 is 0.870 bits per heavy atom. The van der Waals surface area contributed by atoms with Crippen LogP contribution in [0, 0.1) is 0 Å². The van der Waals surface area contributed by atoms with Gasteiger partial charge in [-0.3, -0.25) is 0 Å². The quantitative estimate of drug-likeness (QED) is 0.164. The van der Waals surface area contributed by atoms with E-state index in [-0.39, 0.29) is 0 Å². The van der Waals surface area contributed by atoms with Crippen molar-refractivity contribution < 1.29 is 4.57 Å². The molecular weight excluding hydrogens is 669 g/mol. The number of benzene rings is 6. The van der Waals surface area contributed by atoms with E-state index in [1.54, 1.807) is 0 Å². The third kappa shape index (κ3) is 4.56. The number of rotatable bonds is 5. The number of fused-ring (bicyclic) bond motifs is 3. The summed E-state index contributed by atoms with van der Waals surface area (Å²) >= 11 is 27.8. The largest absolute Gasteiger partial charge is 0.317 e. The Labute approximate surface area is 288 Å². The maximum Gasteiger partial charge on any atom is 0.138 e. The first-order chi connectivity index (χ1) is 22.4. The zero-order chi connectivity index (χ0) is 31.6. The van der Waals surface area contributed by atoms with Crippen LogP contribution in [-0.4, -0.2) is 0 Å². The summed E-state index contributed by atoms with van der Waals surface area (Å²) < 4.78 is 17.3. The van der Waals surface area contributed by atoms with Gasteiger partial charge in [-0.05, 0) is 80.6 Å². The summed E-state index contributed by atoms with van der Waals surface area (Å²) in [4.78, 5) is 0. The molecule has 0 radical (unpaired) electrons. The van der Waals surface area contributed by atoms with Gasteiger partial charge < -0.3 is 4.57 Å². The summed E-state index contributed by atoms with van der Waals surface area (Å²) in [6.07, 6.45) is 4.22. The third-order valence-electron chi connectivity index (χ3n) is 9.21. The molecule has 0 saturated carbocycles. The molecular formula is C40H25Cl4OP. The van der Waals surface area contributed by atoms with Crippen LogP contribution in [0.25, 0.3) is 34.1 Å². The van der Waals surface area contributed by atoms with Gasteiger partial charge in [-0.25, -0.2) is 0 Å². The predicted octanol–water partition coefficient (Wildman–Crippen LogP) is 13.0. The second-order valence-corrected chi connectivity index (χ2v) is 16.2.